The molecule has 0 radical (unpaired) electrons. The number of piperidine rings is 1. The Labute approximate surface area is 105 Å². The molecule has 1 aliphatic rings. The Kier molecular flexibility index (Phi) is 4.34. The minimum Gasteiger partial charge on any atom is -0.445 e. The van der Waals surface area contributed by atoms with Crippen molar-refractivity contribution in [1.82, 2.24) is 4.90 Å². The maximum absolute atomic E-state index is 12.3. The quantitative estimate of drug-likeness (QED) is 0.680. The van der Waals surface area contributed by atoms with Gasteiger partial charge in [0.15, 0.2) is 0 Å². The average molecular weight is 264 g/mol. The van der Waals surface area contributed by atoms with Gasteiger partial charge in [0.05, 0.1) is 0 Å². The lowest BCUT2D eigenvalue weighted by atomic mass is 9.86. The summed E-state index contributed by atoms with van der Waals surface area (Å²) in [4.78, 5) is 13.0. The molecule has 1 amide bonds. The van der Waals surface area contributed by atoms with E-state index >= 15 is 0 Å². The monoisotopic (exact) mass is 264 g/mol. The van der Waals surface area contributed by atoms with Crippen molar-refractivity contribution >= 4 is 13.1 Å². The first kappa shape index (κ1) is 14.9. The van der Waals surface area contributed by atoms with E-state index in [4.69, 9.17) is 4.74 Å². The molecular weight excluding hydrogens is 246 g/mol. The van der Waals surface area contributed by atoms with Crippen LogP contribution < -0.4 is 0 Å². The molecular formula is C11H18BF3NO2-. The maximum Gasteiger partial charge on any atom is 0.502 e. The van der Waals surface area contributed by atoms with Gasteiger partial charge < -0.3 is 22.6 Å². The van der Waals surface area contributed by atoms with Gasteiger partial charge in [-0.2, -0.15) is 0 Å². The van der Waals surface area contributed by atoms with Gasteiger partial charge in [0.2, 0.25) is 0 Å². The molecule has 3 nitrogen and oxygen atoms in total. The number of nitrogens with zero attached hydrogens (tertiary/aromatic N) is 1. The van der Waals surface area contributed by atoms with Crippen molar-refractivity contribution in [2.75, 3.05) is 13.1 Å². The number of carbonyl (C=O) groups is 1. The molecule has 18 heavy (non-hydrogen) atoms. The number of likely N-dealkylation sites (tertiary alicyclic amines) is 1. The van der Waals surface area contributed by atoms with E-state index in [0.717, 1.165) is 0 Å². The Balaban J connectivity index is 2.65. The van der Waals surface area contributed by atoms with Gasteiger partial charge >= 0.3 is 13.1 Å². The van der Waals surface area contributed by atoms with Gasteiger partial charge in [0.25, 0.3) is 0 Å². The Morgan fingerprint density at radius 3 is 2.50 bits per heavy atom. The van der Waals surface area contributed by atoms with Crippen LogP contribution in [0.5, 0.6) is 0 Å². The largest absolute Gasteiger partial charge is 0.502 e. The first-order valence-corrected chi connectivity index (χ1v) is 5.95. The van der Waals surface area contributed by atoms with Gasteiger partial charge in [0, 0.05) is 13.1 Å². The zero-order valence-electron chi connectivity index (χ0n) is 10.9. The minimum atomic E-state index is -4.94. The number of rotatable bonds is 1. The van der Waals surface area contributed by atoms with Crippen LogP contribution in [-0.4, -0.2) is 36.7 Å². The Morgan fingerprint density at radius 2 is 2.00 bits per heavy atom. The predicted molar refractivity (Wildman–Crippen MR) is 64.2 cm³/mol. The van der Waals surface area contributed by atoms with Crippen LogP contribution in [0.3, 0.4) is 0 Å². The van der Waals surface area contributed by atoms with Gasteiger partial charge in [-0.15, -0.1) is 5.98 Å². The lowest BCUT2D eigenvalue weighted by Crippen LogP contribution is -2.41. The summed E-state index contributed by atoms with van der Waals surface area (Å²) < 4.78 is 42.0. The van der Waals surface area contributed by atoms with Crippen LogP contribution in [-0.2, 0) is 4.74 Å². The third-order valence-electron chi connectivity index (χ3n) is 2.40. The maximum atomic E-state index is 12.3. The molecule has 1 heterocycles. The molecule has 0 unspecified atom stereocenters. The Hall–Kier alpha value is -1.14. The minimum absolute atomic E-state index is 0.0101. The van der Waals surface area contributed by atoms with E-state index in [0.29, 0.717) is 25.4 Å². The van der Waals surface area contributed by atoms with Crippen LogP contribution in [0.1, 0.15) is 33.6 Å². The average Bonchev–Trinajstić information content (AvgIpc) is 2.12. The van der Waals surface area contributed by atoms with Gasteiger partial charge in [-0.1, -0.05) is 5.57 Å². The van der Waals surface area contributed by atoms with Crippen molar-refractivity contribution in [2.45, 2.75) is 39.2 Å². The number of hydrogen-bond acceptors (Lipinski definition) is 2. The van der Waals surface area contributed by atoms with Crippen LogP contribution in [0.25, 0.3) is 0 Å². The molecule has 0 aromatic heterocycles. The van der Waals surface area contributed by atoms with Crippen molar-refractivity contribution in [2.24, 2.45) is 0 Å². The van der Waals surface area contributed by atoms with Crippen LogP contribution in [0.2, 0.25) is 0 Å². The molecule has 1 saturated heterocycles. The molecule has 0 aliphatic carbocycles. The summed E-state index contributed by atoms with van der Waals surface area (Å²) in [6.07, 6.45) is 0.375. The van der Waals surface area contributed by atoms with Crippen LogP contribution in [0.15, 0.2) is 11.5 Å². The molecule has 0 atom stereocenters. The molecule has 1 aliphatic heterocycles. The second-order valence-electron chi connectivity index (χ2n) is 5.46. The van der Waals surface area contributed by atoms with E-state index in [1.807, 2.05) is 0 Å². The second-order valence-corrected chi connectivity index (χ2v) is 5.46. The highest BCUT2D eigenvalue weighted by Gasteiger charge is 2.27. The van der Waals surface area contributed by atoms with Crippen molar-refractivity contribution in [1.29, 1.82) is 0 Å². The highest BCUT2D eigenvalue weighted by Crippen LogP contribution is 2.22. The second kappa shape index (κ2) is 5.24. The highest BCUT2D eigenvalue weighted by molar-refractivity contribution is 6.64. The lowest BCUT2D eigenvalue weighted by molar-refractivity contribution is 0.0246. The van der Waals surface area contributed by atoms with Gasteiger partial charge in [0.1, 0.15) is 5.60 Å². The summed E-state index contributed by atoms with van der Waals surface area (Å²) in [5.41, 5.74) is -0.383. The topological polar surface area (TPSA) is 29.5 Å². The lowest BCUT2D eigenvalue weighted by Gasteiger charge is -2.32. The van der Waals surface area contributed by atoms with Gasteiger partial charge in [-0.3, -0.25) is 0 Å². The Bertz CT molecular complexity index is 347. The first-order chi connectivity index (χ1) is 8.07. The SMILES string of the molecule is CC(C)(C)OC(=O)N1CCC/C(=C/[B-](F)(F)F)C1. The molecule has 0 saturated carbocycles. The van der Waals surface area contributed by atoms with E-state index < -0.39 is 18.7 Å². The normalized spacial score (nSPS) is 20.1. The fraction of sp³-hybridized carbons (Fsp3) is 0.727. The van der Waals surface area contributed by atoms with E-state index in [2.05, 4.69) is 0 Å². The third kappa shape index (κ3) is 5.47. The molecule has 0 spiro atoms. The van der Waals surface area contributed by atoms with Crippen molar-refractivity contribution in [3.8, 4) is 0 Å². The van der Waals surface area contributed by atoms with E-state index in [1.165, 1.54) is 4.90 Å². The summed E-state index contributed by atoms with van der Waals surface area (Å²) >= 11 is 0. The van der Waals surface area contributed by atoms with Gasteiger partial charge in [-0.05, 0) is 33.6 Å². The summed E-state index contributed by atoms with van der Waals surface area (Å²) in [5, 5.41) is 0. The zero-order chi connectivity index (χ0) is 14.0. The van der Waals surface area contributed by atoms with E-state index in [1.54, 1.807) is 20.8 Å². The zero-order valence-corrected chi connectivity index (χ0v) is 10.9. The molecule has 0 N–H and O–H groups in total. The molecule has 7 heteroatoms. The number of hydrogen-bond donors (Lipinski definition) is 0. The molecule has 0 bridgehead atoms. The molecule has 1 fully saturated rings. The molecule has 104 valence electrons. The van der Waals surface area contributed by atoms with Crippen molar-refractivity contribution in [3.63, 3.8) is 0 Å². The summed E-state index contributed by atoms with van der Waals surface area (Å²) in [7, 11) is 0. The standard InChI is InChI=1S/C11H18BF3NO2/c1-11(2,3)18-10(17)16-6-4-5-9(8-16)7-12(13,14)15/h7H,4-6,8H2,1-3H3/q-1/b9-7-. The van der Waals surface area contributed by atoms with Crippen molar-refractivity contribution in [3.05, 3.63) is 11.5 Å². The summed E-state index contributed by atoms with van der Waals surface area (Å²) in [5.74, 6) is 0.344. The van der Waals surface area contributed by atoms with Gasteiger partial charge in [-0.25, -0.2) is 4.79 Å². The first-order valence-electron chi connectivity index (χ1n) is 5.95. The number of carbonyl (C=O) groups excluding carboxylic acids is 1. The van der Waals surface area contributed by atoms with E-state index in [-0.39, 0.29) is 12.1 Å². The molecule has 0 aromatic carbocycles. The van der Waals surface area contributed by atoms with Crippen LogP contribution in [0.4, 0.5) is 17.7 Å². The van der Waals surface area contributed by atoms with Crippen LogP contribution in [0, 0.1) is 0 Å². The fourth-order valence-electron chi connectivity index (χ4n) is 1.79. The number of halogens is 3. The Morgan fingerprint density at radius 1 is 1.39 bits per heavy atom. The van der Waals surface area contributed by atoms with Crippen molar-refractivity contribution < 1.29 is 22.5 Å². The molecule has 0 aromatic rings. The fourth-order valence-corrected chi connectivity index (χ4v) is 1.79. The highest BCUT2D eigenvalue weighted by atomic mass is 19.4. The number of amides is 1. The third-order valence-corrected chi connectivity index (χ3v) is 2.40. The van der Waals surface area contributed by atoms with E-state index in [9.17, 15) is 17.7 Å². The summed E-state index contributed by atoms with van der Waals surface area (Å²) in [6.45, 7) is 0.688. The molecule has 1 rings (SSSR count). The van der Waals surface area contributed by atoms with Crippen LogP contribution >= 0.6 is 0 Å². The number of ether oxygens (including phenoxy) is 1. The predicted octanol–water partition coefficient (Wildman–Crippen LogP) is 3.33. The smallest absolute Gasteiger partial charge is 0.445 e. The summed E-state index contributed by atoms with van der Waals surface area (Å²) in [6, 6.07) is 0.